The van der Waals surface area contributed by atoms with Crippen molar-refractivity contribution in [2.75, 3.05) is 13.4 Å². The standard InChI is InChI=1S/C6H10O2/c1-2-3-6-4-7-5-8-6/h2-3,6H,4-5H2,1H3. The van der Waals surface area contributed by atoms with Gasteiger partial charge < -0.3 is 9.47 Å². The first-order chi connectivity index (χ1) is 3.93. The molecular weight excluding hydrogens is 104 g/mol. The van der Waals surface area contributed by atoms with Crippen molar-refractivity contribution in [3.05, 3.63) is 12.2 Å². The maximum absolute atomic E-state index is 5.08. The molecule has 1 rings (SSSR count). The van der Waals surface area contributed by atoms with Gasteiger partial charge in [-0.3, -0.25) is 0 Å². The summed E-state index contributed by atoms with van der Waals surface area (Å²) in [5, 5.41) is 0. The van der Waals surface area contributed by atoms with Crippen molar-refractivity contribution < 1.29 is 9.47 Å². The van der Waals surface area contributed by atoms with Gasteiger partial charge >= 0.3 is 0 Å². The molecule has 0 radical (unpaired) electrons. The predicted molar refractivity (Wildman–Crippen MR) is 30.5 cm³/mol. The number of rotatable bonds is 1. The fourth-order valence-electron chi connectivity index (χ4n) is 0.674. The lowest BCUT2D eigenvalue weighted by atomic mass is 10.3. The average molecular weight is 114 g/mol. The van der Waals surface area contributed by atoms with E-state index in [-0.39, 0.29) is 6.10 Å². The summed E-state index contributed by atoms with van der Waals surface area (Å²) in [6.45, 7) is 3.14. The van der Waals surface area contributed by atoms with Crippen molar-refractivity contribution in [1.82, 2.24) is 0 Å². The molecular formula is C6H10O2. The van der Waals surface area contributed by atoms with Crippen LogP contribution < -0.4 is 0 Å². The molecule has 1 heterocycles. The highest BCUT2D eigenvalue weighted by atomic mass is 16.7. The van der Waals surface area contributed by atoms with E-state index in [2.05, 4.69) is 0 Å². The van der Waals surface area contributed by atoms with Gasteiger partial charge in [-0.05, 0) is 6.92 Å². The number of allylic oxidation sites excluding steroid dienone is 1. The van der Waals surface area contributed by atoms with E-state index in [1.807, 2.05) is 19.1 Å². The van der Waals surface area contributed by atoms with Crippen LogP contribution in [0, 0.1) is 0 Å². The van der Waals surface area contributed by atoms with Crippen LogP contribution in [0.2, 0.25) is 0 Å². The normalized spacial score (nSPS) is 29.9. The zero-order chi connectivity index (χ0) is 5.82. The second-order valence-corrected chi connectivity index (χ2v) is 1.72. The number of hydrogen-bond acceptors (Lipinski definition) is 2. The van der Waals surface area contributed by atoms with E-state index < -0.39 is 0 Å². The molecule has 0 aromatic carbocycles. The first-order valence-electron chi connectivity index (χ1n) is 2.75. The minimum atomic E-state index is 0.208. The van der Waals surface area contributed by atoms with Crippen molar-refractivity contribution in [2.24, 2.45) is 0 Å². The highest BCUT2D eigenvalue weighted by Crippen LogP contribution is 2.02. The zero-order valence-electron chi connectivity index (χ0n) is 4.96. The topological polar surface area (TPSA) is 18.5 Å². The smallest absolute Gasteiger partial charge is 0.147 e. The minimum Gasteiger partial charge on any atom is -0.352 e. The van der Waals surface area contributed by atoms with Crippen LogP contribution >= 0.6 is 0 Å². The fraction of sp³-hybridized carbons (Fsp3) is 0.667. The summed E-state index contributed by atoms with van der Waals surface area (Å²) in [4.78, 5) is 0. The van der Waals surface area contributed by atoms with Gasteiger partial charge in [0.15, 0.2) is 0 Å². The molecule has 0 aliphatic carbocycles. The van der Waals surface area contributed by atoms with Crippen molar-refractivity contribution in [3.8, 4) is 0 Å². The van der Waals surface area contributed by atoms with E-state index in [4.69, 9.17) is 9.47 Å². The summed E-state index contributed by atoms with van der Waals surface area (Å²) in [6, 6.07) is 0. The summed E-state index contributed by atoms with van der Waals surface area (Å²) < 4.78 is 10.0. The maximum Gasteiger partial charge on any atom is 0.147 e. The molecule has 0 N–H and O–H groups in total. The van der Waals surface area contributed by atoms with E-state index in [9.17, 15) is 0 Å². The average Bonchev–Trinajstić information content (AvgIpc) is 2.19. The fourth-order valence-corrected chi connectivity index (χ4v) is 0.674. The molecule has 46 valence electrons. The Balaban J connectivity index is 2.24. The molecule has 2 nitrogen and oxygen atoms in total. The third-order valence-corrected chi connectivity index (χ3v) is 1.05. The summed E-state index contributed by atoms with van der Waals surface area (Å²) in [5.74, 6) is 0. The number of ether oxygens (including phenoxy) is 2. The van der Waals surface area contributed by atoms with E-state index >= 15 is 0 Å². The van der Waals surface area contributed by atoms with Crippen LogP contribution in [0.15, 0.2) is 12.2 Å². The Morgan fingerprint density at radius 3 is 3.00 bits per heavy atom. The molecule has 0 aromatic heterocycles. The highest BCUT2D eigenvalue weighted by Gasteiger charge is 2.10. The summed E-state index contributed by atoms with van der Waals surface area (Å²) in [7, 11) is 0. The van der Waals surface area contributed by atoms with Crippen molar-refractivity contribution in [2.45, 2.75) is 13.0 Å². The lowest BCUT2D eigenvalue weighted by Crippen LogP contribution is -2.03. The van der Waals surface area contributed by atoms with Gasteiger partial charge in [-0.25, -0.2) is 0 Å². The Morgan fingerprint density at radius 2 is 2.50 bits per heavy atom. The first-order valence-corrected chi connectivity index (χ1v) is 2.75. The SMILES string of the molecule is CC=CC1COCO1. The van der Waals surface area contributed by atoms with Crippen LogP contribution in [0.25, 0.3) is 0 Å². The van der Waals surface area contributed by atoms with Crippen LogP contribution in [0.1, 0.15) is 6.92 Å². The molecule has 2 heteroatoms. The molecule has 0 spiro atoms. The van der Waals surface area contributed by atoms with Crippen LogP contribution in [0.3, 0.4) is 0 Å². The third-order valence-electron chi connectivity index (χ3n) is 1.05. The molecule has 0 bridgehead atoms. The van der Waals surface area contributed by atoms with Crippen molar-refractivity contribution in [1.29, 1.82) is 0 Å². The largest absolute Gasteiger partial charge is 0.352 e. The monoisotopic (exact) mass is 114 g/mol. The predicted octanol–water partition coefficient (Wildman–Crippen LogP) is 0.935. The van der Waals surface area contributed by atoms with Crippen molar-refractivity contribution >= 4 is 0 Å². The molecule has 1 aliphatic rings. The highest BCUT2D eigenvalue weighted by molar-refractivity contribution is 4.87. The Hall–Kier alpha value is -0.340. The lowest BCUT2D eigenvalue weighted by molar-refractivity contribution is 0.0572. The lowest BCUT2D eigenvalue weighted by Gasteiger charge is -1.95. The van der Waals surface area contributed by atoms with E-state index in [1.54, 1.807) is 0 Å². The van der Waals surface area contributed by atoms with Crippen molar-refractivity contribution in [3.63, 3.8) is 0 Å². The third kappa shape index (κ3) is 1.32. The summed E-state index contributed by atoms with van der Waals surface area (Å²) in [5.41, 5.74) is 0. The van der Waals surface area contributed by atoms with E-state index in [0.717, 1.165) is 0 Å². The van der Waals surface area contributed by atoms with Crippen LogP contribution in [-0.4, -0.2) is 19.5 Å². The Morgan fingerprint density at radius 1 is 1.62 bits per heavy atom. The van der Waals surface area contributed by atoms with Crippen LogP contribution in [0.5, 0.6) is 0 Å². The number of hydrogen-bond donors (Lipinski definition) is 0. The first kappa shape index (κ1) is 5.79. The van der Waals surface area contributed by atoms with E-state index in [1.165, 1.54) is 0 Å². The van der Waals surface area contributed by atoms with Crippen LogP contribution in [-0.2, 0) is 9.47 Å². The molecule has 1 aliphatic heterocycles. The second kappa shape index (κ2) is 2.84. The molecule has 1 atom stereocenters. The van der Waals surface area contributed by atoms with Gasteiger partial charge in [0.05, 0.1) is 6.61 Å². The molecule has 1 unspecified atom stereocenters. The molecule has 0 amide bonds. The van der Waals surface area contributed by atoms with Gasteiger partial charge in [0.2, 0.25) is 0 Å². The van der Waals surface area contributed by atoms with Gasteiger partial charge in [-0.2, -0.15) is 0 Å². The van der Waals surface area contributed by atoms with E-state index in [0.29, 0.717) is 13.4 Å². The van der Waals surface area contributed by atoms with Gasteiger partial charge in [-0.1, -0.05) is 12.2 Å². The van der Waals surface area contributed by atoms with Gasteiger partial charge in [0.1, 0.15) is 12.9 Å². The Kier molecular flexibility index (Phi) is 2.06. The van der Waals surface area contributed by atoms with Gasteiger partial charge in [0.25, 0.3) is 0 Å². The summed E-state index contributed by atoms with van der Waals surface area (Å²) >= 11 is 0. The Labute approximate surface area is 49.1 Å². The second-order valence-electron chi connectivity index (χ2n) is 1.72. The summed E-state index contributed by atoms with van der Waals surface area (Å²) in [6.07, 6.45) is 4.17. The zero-order valence-corrected chi connectivity index (χ0v) is 4.96. The van der Waals surface area contributed by atoms with Crippen LogP contribution in [0.4, 0.5) is 0 Å². The molecule has 0 saturated carbocycles. The Bertz CT molecular complexity index is 82.5. The molecule has 8 heavy (non-hydrogen) atoms. The van der Waals surface area contributed by atoms with Gasteiger partial charge in [0, 0.05) is 0 Å². The molecule has 1 saturated heterocycles. The molecule has 1 fully saturated rings. The minimum absolute atomic E-state index is 0.208. The quantitative estimate of drug-likeness (QED) is 0.472. The molecule has 0 aromatic rings. The van der Waals surface area contributed by atoms with Gasteiger partial charge in [-0.15, -0.1) is 0 Å². The maximum atomic E-state index is 5.08.